The summed E-state index contributed by atoms with van der Waals surface area (Å²) in [5.74, 6) is 1.48. The molecule has 18 heavy (non-hydrogen) atoms. The van der Waals surface area contributed by atoms with Crippen LogP contribution in [0.15, 0.2) is 35.0 Å². The van der Waals surface area contributed by atoms with Gasteiger partial charge >= 0.3 is 0 Å². The van der Waals surface area contributed by atoms with Crippen molar-refractivity contribution >= 4 is 11.3 Å². The Morgan fingerprint density at radius 3 is 3.00 bits per heavy atom. The average molecular weight is 262 g/mol. The van der Waals surface area contributed by atoms with Gasteiger partial charge in [-0.25, -0.2) is 0 Å². The molecule has 0 aliphatic carbocycles. The van der Waals surface area contributed by atoms with Gasteiger partial charge in [0.05, 0.1) is 13.2 Å². The quantitative estimate of drug-likeness (QED) is 0.902. The van der Waals surface area contributed by atoms with Crippen molar-refractivity contribution < 1.29 is 14.6 Å². The highest BCUT2D eigenvalue weighted by Gasteiger charge is 2.28. The predicted molar refractivity (Wildman–Crippen MR) is 70.3 cm³/mol. The van der Waals surface area contributed by atoms with E-state index in [0.29, 0.717) is 6.42 Å². The summed E-state index contributed by atoms with van der Waals surface area (Å²) >= 11 is 1.64. The molecule has 1 aliphatic rings. The SMILES string of the molecule is COc1ccc2c(c1)[C@H](O)CC(c1ccsc1)O2. The molecule has 1 unspecified atom stereocenters. The lowest BCUT2D eigenvalue weighted by Gasteiger charge is -2.29. The highest BCUT2D eigenvalue weighted by molar-refractivity contribution is 7.07. The van der Waals surface area contributed by atoms with Gasteiger partial charge in [0.1, 0.15) is 17.6 Å². The zero-order valence-corrected chi connectivity index (χ0v) is 10.8. The fourth-order valence-corrected chi connectivity index (χ4v) is 2.92. The van der Waals surface area contributed by atoms with Crippen LogP contribution in [-0.4, -0.2) is 12.2 Å². The Morgan fingerprint density at radius 2 is 2.28 bits per heavy atom. The van der Waals surface area contributed by atoms with E-state index in [0.717, 1.165) is 22.6 Å². The smallest absolute Gasteiger partial charge is 0.127 e. The standard InChI is InChI=1S/C14H14O3S/c1-16-10-2-3-13-11(6-10)12(15)7-14(17-13)9-4-5-18-8-9/h2-6,8,12,14-15H,7H2,1H3/t12-,14?/m1/s1. The summed E-state index contributed by atoms with van der Waals surface area (Å²) in [7, 11) is 1.62. The first kappa shape index (κ1) is 11.6. The van der Waals surface area contributed by atoms with Crippen LogP contribution in [-0.2, 0) is 0 Å². The second-order valence-electron chi connectivity index (χ2n) is 4.32. The molecular weight excluding hydrogens is 248 g/mol. The van der Waals surface area contributed by atoms with Crippen LogP contribution in [0.4, 0.5) is 0 Å². The zero-order valence-electron chi connectivity index (χ0n) is 10.00. The van der Waals surface area contributed by atoms with Crippen molar-refractivity contribution in [1.82, 2.24) is 0 Å². The van der Waals surface area contributed by atoms with Crippen LogP contribution in [0.25, 0.3) is 0 Å². The molecule has 0 bridgehead atoms. The number of aliphatic hydroxyl groups excluding tert-OH is 1. The Labute approximate surface area is 110 Å². The Kier molecular flexibility index (Phi) is 2.97. The Balaban J connectivity index is 1.93. The number of aliphatic hydroxyl groups is 1. The maximum atomic E-state index is 10.2. The summed E-state index contributed by atoms with van der Waals surface area (Å²) in [6, 6.07) is 7.58. The number of ether oxygens (including phenoxy) is 2. The first-order valence-electron chi connectivity index (χ1n) is 5.82. The molecule has 4 heteroatoms. The highest BCUT2D eigenvalue weighted by atomic mass is 32.1. The summed E-state index contributed by atoms with van der Waals surface area (Å²) in [6.45, 7) is 0. The third kappa shape index (κ3) is 1.98. The maximum Gasteiger partial charge on any atom is 0.127 e. The van der Waals surface area contributed by atoms with E-state index < -0.39 is 6.10 Å². The molecule has 94 valence electrons. The van der Waals surface area contributed by atoms with Crippen molar-refractivity contribution in [1.29, 1.82) is 0 Å². The van der Waals surface area contributed by atoms with Crippen LogP contribution in [0.3, 0.4) is 0 Å². The van der Waals surface area contributed by atoms with Gasteiger partial charge in [-0.3, -0.25) is 0 Å². The predicted octanol–water partition coefficient (Wildman–Crippen LogP) is 3.31. The number of methoxy groups -OCH3 is 1. The minimum Gasteiger partial charge on any atom is -0.497 e. The number of fused-ring (bicyclic) bond motifs is 1. The van der Waals surface area contributed by atoms with Crippen molar-refractivity contribution in [2.45, 2.75) is 18.6 Å². The topological polar surface area (TPSA) is 38.7 Å². The average Bonchev–Trinajstić information content (AvgIpc) is 2.92. The lowest BCUT2D eigenvalue weighted by molar-refractivity contribution is 0.0656. The molecule has 3 rings (SSSR count). The van der Waals surface area contributed by atoms with Crippen LogP contribution in [0.2, 0.25) is 0 Å². The highest BCUT2D eigenvalue weighted by Crippen LogP contribution is 2.42. The number of rotatable bonds is 2. The van der Waals surface area contributed by atoms with E-state index in [4.69, 9.17) is 9.47 Å². The van der Waals surface area contributed by atoms with Gasteiger partial charge < -0.3 is 14.6 Å². The molecule has 0 amide bonds. The fourth-order valence-electron chi connectivity index (χ4n) is 2.21. The van der Waals surface area contributed by atoms with E-state index in [1.165, 1.54) is 0 Å². The van der Waals surface area contributed by atoms with Crippen LogP contribution in [0.1, 0.15) is 29.8 Å². The molecule has 1 N–H and O–H groups in total. The molecular formula is C14H14O3S. The Hall–Kier alpha value is -1.52. The van der Waals surface area contributed by atoms with Crippen molar-refractivity contribution in [3.63, 3.8) is 0 Å². The van der Waals surface area contributed by atoms with Crippen molar-refractivity contribution in [3.05, 3.63) is 46.2 Å². The molecule has 1 aromatic heterocycles. The third-order valence-electron chi connectivity index (χ3n) is 3.20. The monoisotopic (exact) mass is 262 g/mol. The van der Waals surface area contributed by atoms with E-state index in [1.54, 1.807) is 18.4 Å². The number of hydrogen-bond donors (Lipinski definition) is 1. The van der Waals surface area contributed by atoms with Crippen molar-refractivity contribution in [2.24, 2.45) is 0 Å². The van der Waals surface area contributed by atoms with E-state index in [-0.39, 0.29) is 6.10 Å². The van der Waals surface area contributed by atoms with Crippen LogP contribution in [0.5, 0.6) is 11.5 Å². The molecule has 2 atom stereocenters. The molecule has 3 nitrogen and oxygen atoms in total. The molecule has 0 fully saturated rings. The van der Waals surface area contributed by atoms with Crippen LogP contribution < -0.4 is 9.47 Å². The fraction of sp³-hybridized carbons (Fsp3) is 0.286. The summed E-state index contributed by atoms with van der Waals surface area (Å²) in [4.78, 5) is 0. The van der Waals surface area contributed by atoms with Crippen LogP contribution >= 0.6 is 11.3 Å². The van der Waals surface area contributed by atoms with Gasteiger partial charge in [0, 0.05) is 17.5 Å². The maximum absolute atomic E-state index is 10.2. The first-order valence-corrected chi connectivity index (χ1v) is 6.77. The van der Waals surface area contributed by atoms with Crippen molar-refractivity contribution in [2.75, 3.05) is 7.11 Å². The molecule has 0 saturated heterocycles. The van der Waals surface area contributed by atoms with E-state index in [9.17, 15) is 5.11 Å². The molecule has 0 saturated carbocycles. The molecule has 2 aromatic rings. The van der Waals surface area contributed by atoms with Gasteiger partial charge in [-0.1, -0.05) is 0 Å². The minimum atomic E-state index is -0.506. The second-order valence-corrected chi connectivity index (χ2v) is 5.10. The lowest BCUT2D eigenvalue weighted by Crippen LogP contribution is -2.18. The van der Waals surface area contributed by atoms with Gasteiger partial charge in [0.15, 0.2) is 0 Å². The largest absolute Gasteiger partial charge is 0.497 e. The minimum absolute atomic E-state index is 0.0628. The summed E-state index contributed by atoms with van der Waals surface area (Å²) in [6.07, 6.45) is 0.0116. The van der Waals surface area contributed by atoms with Gasteiger partial charge in [0.2, 0.25) is 0 Å². The van der Waals surface area contributed by atoms with Gasteiger partial charge in [0.25, 0.3) is 0 Å². The van der Waals surface area contributed by atoms with E-state index in [1.807, 2.05) is 29.6 Å². The van der Waals surface area contributed by atoms with Crippen LogP contribution in [0, 0.1) is 0 Å². The van der Waals surface area contributed by atoms with Gasteiger partial charge in [-0.05, 0) is 35.0 Å². The molecule has 2 heterocycles. The summed E-state index contributed by atoms with van der Waals surface area (Å²) in [5.41, 5.74) is 1.93. The van der Waals surface area contributed by atoms with E-state index >= 15 is 0 Å². The van der Waals surface area contributed by atoms with Gasteiger partial charge in [-0.15, -0.1) is 0 Å². The molecule has 0 radical (unpaired) electrons. The Morgan fingerprint density at radius 1 is 1.39 bits per heavy atom. The van der Waals surface area contributed by atoms with Crippen molar-refractivity contribution in [3.8, 4) is 11.5 Å². The Bertz CT molecular complexity index is 536. The summed E-state index contributed by atoms with van der Waals surface area (Å²) < 4.78 is 11.1. The molecule has 0 spiro atoms. The molecule has 1 aromatic carbocycles. The van der Waals surface area contributed by atoms with Gasteiger partial charge in [-0.2, -0.15) is 11.3 Å². The first-order chi connectivity index (χ1) is 8.78. The zero-order chi connectivity index (χ0) is 12.5. The number of benzene rings is 1. The third-order valence-corrected chi connectivity index (χ3v) is 3.90. The normalized spacial score (nSPS) is 22.1. The number of thiophene rings is 1. The lowest BCUT2D eigenvalue weighted by atomic mass is 9.96. The number of hydrogen-bond acceptors (Lipinski definition) is 4. The van der Waals surface area contributed by atoms with E-state index in [2.05, 4.69) is 5.38 Å². The second kappa shape index (κ2) is 4.63. The molecule has 1 aliphatic heterocycles. The summed E-state index contributed by atoms with van der Waals surface area (Å²) in [5, 5.41) is 14.3.